The zero-order valence-electron chi connectivity index (χ0n) is 9.93. The van der Waals surface area contributed by atoms with Gasteiger partial charge in [-0.3, -0.25) is 14.5 Å². The Labute approximate surface area is 113 Å². The average Bonchev–Trinajstić information content (AvgIpc) is 2.75. The fourth-order valence-electron chi connectivity index (χ4n) is 1.54. The highest BCUT2D eigenvalue weighted by Crippen LogP contribution is 2.09. The Morgan fingerprint density at radius 2 is 2.33 bits per heavy atom. The van der Waals surface area contributed by atoms with Crippen molar-refractivity contribution in [3.8, 4) is 0 Å². The molecule has 0 fully saturated rings. The maximum Gasteiger partial charge on any atom is 0.252 e. The maximum atomic E-state index is 11.8. The SMILES string of the molecule is Cn1ccc(CCNC(=O)c2cncc(Br)c2)n1. The molecule has 2 rings (SSSR count). The number of aryl methyl sites for hydroxylation is 1. The fourth-order valence-corrected chi connectivity index (χ4v) is 1.90. The first-order chi connectivity index (χ1) is 8.65. The number of carbonyl (C=O) groups is 1. The first kappa shape index (κ1) is 12.8. The lowest BCUT2D eigenvalue weighted by Crippen LogP contribution is -2.25. The standard InChI is InChI=1S/C12H13BrN4O/c1-17-5-3-11(16-17)2-4-15-12(18)9-6-10(13)8-14-7-9/h3,5-8H,2,4H2,1H3,(H,15,18). The number of aromatic nitrogens is 3. The average molecular weight is 309 g/mol. The number of halogens is 1. The van der Waals surface area contributed by atoms with Crippen molar-refractivity contribution >= 4 is 21.8 Å². The highest BCUT2D eigenvalue weighted by atomic mass is 79.9. The lowest BCUT2D eigenvalue weighted by molar-refractivity contribution is 0.0953. The molecule has 0 radical (unpaired) electrons. The second-order valence-electron chi connectivity index (χ2n) is 3.88. The molecule has 0 spiro atoms. The summed E-state index contributed by atoms with van der Waals surface area (Å²) >= 11 is 3.28. The molecule has 2 heterocycles. The molecule has 0 aliphatic heterocycles. The van der Waals surface area contributed by atoms with Crippen LogP contribution in [0.4, 0.5) is 0 Å². The first-order valence-corrected chi connectivity index (χ1v) is 6.32. The van der Waals surface area contributed by atoms with Gasteiger partial charge in [-0.15, -0.1) is 0 Å². The Balaban J connectivity index is 1.85. The van der Waals surface area contributed by atoms with Crippen molar-refractivity contribution < 1.29 is 4.79 Å². The third-order valence-corrected chi connectivity index (χ3v) is 2.84. The molecular formula is C12H13BrN4O. The molecule has 94 valence electrons. The van der Waals surface area contributed by atoms with E-state index in [4.69, 9.17) is 0 Å². The summed E-state index contributed by atoms with van der Waals surface area (Å²) in [6.07, 6.45) is 5.79. The molecule has 1 amide bonds. The van der Waals surface area contributed by atoms with Crippen LogP contribution in [0.2, 0.25) is 0 Å². The van der Waals surface area contributed by atoms with E-state index in [1.54, 1.807) is 23.1 Å². The lowest BCUT2D eigenvalue weighted by atomic mass is 10.2. The van der Waals surface area contributed by atoms with Crippen molar-refractivity contribution in [1.82, 2.24) is 20.1 Å². The molecule has 0 bridgehead atoms. The highest BCUT2D eigenvalue weighted by molar-refractivity contribution is 9.10. The topological polar surface area (TPSA) is 59.8 Å². The predicted octanol–water partition coefficient (Wildman–Crippen LogP) is 1.55. The summed E-state index contributed by atoms with van der Waals surface area (Å²) in [6.45, 7) is 0.558. The molecule has 6 heteroatoms. The van der Waals surface area contributed by atoms with Gasteiger partial charge in [0.1, 0.15) is 0 Å². The molecule has 18 heavy (non-hydrogen) atoms. The number of hydrogen-bond donors (Lipinski definition) is 1. The van der Waals surface area contributed by atoms with Crippen LogP contribution in [0.25, 0.3) is 0 Å². The minimum absolute atomic E-state index is 0.125. The van der Waals surface area contributed by atoms with Crippen LogP contribution in [-0.4, -0.2) is 27.2 Å². The summed E-state index contributed by atoms with van der Waals surface area (Å²) < 4.78 is 2.54. The molecule has 1 N–H and O–H groups in total. The van der Waals surface area contributed by atoms with Gasteiger partial charge in [0, 0.05) is 43.1 Å². The largest absolute Gasteiger partial charge is 0.352 e. The molecule has 0 aliphatic rings. The van der Waals surface area contributed by atoms with Gasteiger partial charge in [-0.2, -0.15) is 5.10 Å². The smallest absolute Gasteiger partial charge is 0.252 e. The molecule has 0 aliphatic carbocycles. The third kappa shape index (κ3) is 3.40. The van der Waals surface area contributed by atoms with Gasteiger partial charge in [-0.25, -0.2) is 0 Å². The monoisotopic (exact) mass is 308 g/mol. The zero-order chi connectivity index (χ0) is 13.0. The van der Waals surface area contributed by atoms with Crippen LogP contribution in [0.5, 0.6) is 0 Å². The molecule has 0 unspecified atom stereocenters. The highest BCUT2D eigenvalue weighted by Gasteiger charge is 2.06. The molecule has 2 aromatic rings. The van der Waals surface area contributed by atoms with Crippen molar-refractivity contribution in [3.63, 3.8) is 0 Å². The number of amides is 1. The minimum Gasteiger partial charge on any atom is -0.352 e. The van der Waals surface area contributed by atoms with Gasteiger partial charge < -0.3 is 5.32 Å². The van der Waals surface area contributed by atoms with E-state index in [1.165, 1.54) is 0 Å². The van der Waals surface area contributed by atoms with Gasteiger partial charge in [-0.1, -0.05) is 0 Å². The normalized spacial score (nSPS) is 10.3. The van der Waals surface area contributed by atoms with Crippen LogP contribution in [0.1, 0.15) is 16.1 Å². The summed E-state index contributed by atoms with van der Waals surface area (Å²) in [6, 6.07) is 3.68. The Hall–Kier alpha value is -1.69. The second-order valence-corrected chi connectivity index (χ2v) is 4.79. The van der Waals surface area contributed by atoms with Crippen molar-refractivity contribution in [2.45, 2.75) is 6.42 Å². The van der Waals surface area contributed by atoms with Crippen LogP contribution in [0.3, 0.4) is 0 Å². The van der Waals surface area contributed by atoms with Gasteiger partial charge in [0.25, 0.3) is 5.91 Å². The summed E-state index contributed by atoms with van der Waals surface area (Å²) in [5, 5.41) is 7.07. The Morgan fingerprint density at radius 1 is 1.50 bits per heavy atom. The summed E-state index contributed by atoms with van der Waals surface area (Å²) in [5.41, 5.74) is 1.51. The van der Waals surface area contributed by atoms with Crippen molar-refractivity contribution in [3.05, 3.63) is 46.5 Å². The second kappa shape index (κ2) is 5.77. The van der Waals surface area contributed by atoms with Crippen molar-refractivity contribution in [2.24, 2.45) is 7.05 Å². The van der Waals surface area contributed by atoms with Crippen LogP contribution >= 0.6 is 15.9 Å². The number of hydrogen-bond acceptors (Lipinski definition) is 3. The fraction of sp³-hybridized carbons (Fsp3) is 0.250. The zero-order valence-corrected chi connectivity index (χ0v) is 11.5. The van der Waals surface area contributed by atoms with E-state index in [-0.39, 0.29) is 5.91 Å². The quantitative estimate of drug-likeness (QED) is 0.932. The number of pyridine rings is 1. The Kier molecular flexibility index (Phi) is 4.09. The summed E-state index contributed by atoms with van der Waals surface area (Å²) in [5.74, 6) is -0.125. The Bertz CT molecular complexity index is 553. The minimum atomic E-state index is -0.125. The van der Waals surface area contributed by atoms with E-state index in [2.05, 4.69) is 31.3 Å². The molecule has 2 aromatic heterocycles. The van der Waals surface area contributed by atoms with E-state index >= 15 is 0 Å². The number of carbonyl (C=O) groups excluding carboxylic acids is 1. The maximum absolute atomic E-state index is 11.8. The van der Waals surface area contributed by atoms with Crippen LogP contribution in [0.15, 0.2) is 35.2 Å². The number of nitrogens with one attached hydrogen (secondary N) is 1. The predicted molar refractivity (Wildman–Crippen MR) is 71.2 cm³/mol. The summed E-state index contributed by atoms with van der Waals surface area (Å²) in [4.78, 5) is 15.7. The number of rotatable bonds is 4. The van der Waals surface area contributed by atoms with Gasteiger partial charge in [-0.05, 0) is 28.1 Å². The van der Waals surface area contributed by atoms with E-state index in [1.807, 2.05) is 19.3 Å². The molecule has 5 nitrogen and oxygen atoms in total. The molecule has 0 saturated carbocycles. The van der Waals surface area contributed by atoms with Crippen molar-refractivity contribution in [2.75, 3.05) is 6.54 Å². The van der Waals surface area contributed by atoms with E-state index in [9.17, 15) is 4.79 Å². The number of nitrogens with zero attached hydrogens (tertiary/aromatic N) is 3. The molecule has 0 saturated heterocycles. The van der Waals surface area contributed by atoms with E-state index in [0.29, 0.717) is 18.5 Å². The Morgan fingerprint density at radius 3 is 3.00 bits per heavy atom. The van der Waals surface area contributed by atoms with Gasteiger partial charge in [0.05, 0.1) is 11.3 Å². The van der Waals surface area contributed by atoms with Crippen LogP contribution < -0.4 is 5.32 Å². The first-order valence-electron chi connectivity index (χ1n) is 5.52. The molecule has 0 aromatic carbocycles. The van der Waals surface area contributed by atoms with E-state index < -0.39 is 0 Å². The van der Waals surface area contributed by atoms with Crippen molar-refractivity contribution in [1.29, 1.82) is 0 Å². The summed E-state index contributed by atoms with van der Waals surface area (Å²) in [7, 11) is 1.87. The van der Waals surface area contributed by atoms with E-state index in [0.717, 1.165) is 10.2 Å². The third-order valence-electron chi connectivity index (χ3n) is 2.40. The van der Waals surface area contributed by atoms with Gasteiger partial charge in [0.2, 0.25) is 0 Å². The molecule has 0 atom stereocenters. The van der Waals surface area contributed by atoms with Gasteiger partial charge >= 0.3 is 0 Å². The van der Waals surface area contributed by atoms with Crippen LogP contribution in [0, 0.1) is 0 Å². The van der Waals surface area contributed by atoms with Gasteiger partial charge in [0.15, 0.2) is 0 Å². The molecular weight excluding hydrogens is 296 g/mol. The lowest BCUT2D eigenvalue weighted by Gasteiger charge is -2.03. The van der Waals surface area contributed by atoms with Crippen LogP contribution in [-0.2, 0) is 13.5 Å².